The third-order valence-corrected chi connectivity index (χ3v) is 6.12. The van der Waals surface area contributed by atoms with Gasteiger partial charge in [-0.25, -0.2) is 0 Å². The Morgan fingerprint density at radius 1 is 1.11 bits per heavy atom. The van der Waals surface area contributed by atoms with Gasteiger partial charge in [0.1, 0.15) is 11.5 Å². The van der Waals surface area contributed by atoms with Crippen molar-refractivity contribution < 1.29 is 9.47 Å². The Hall–Kier alpha value is -1.13. The van der Waals surface area contributed by atoms with Crippen molar-refractivity contribution in [2.75, 3.05) is 33.9 Å². The molecule has 1 atom stereocenters. The molecule has 0 bridgehead atoms. The molecule has 0 N–H and O–H groups in total. The Morgan fingerprint density at radius 3 is 2.70 bits per heavy atom. The molecule has 0 saturated heterocycles. The Balaban J connectivity index is 0.00000210. The van der Waals surface area contributed by atoms with E-state index in [4.69, 9.17) is 32.7 Å². The molecule has 2 aromatic carbocycles. The summed E-state index contributed by atoms with van der Waals surface area (Å²) in [7, 11) is 3.83. The van der Waals surface area contributed by atoms with Crippen LogP contribution in [0.3, 0.4) is 0 Å². The van der Waals surface area contributed by atoms with Crippen LogP contribution in [0.5, 0.6) is 11.5 Å². The van der Waals surface area contributed by atoms with Crippen molar-refractivity contribution in [2.45, 2.75) is 25.2 Å². The third-order valence-electron chi connectivity index (χ3n) is 5.47. The molecule has 0 aromatic heterocycles. The number of likely N-dealkylation sites (N-methyl/N-ethyl adjacent to an activating group) is 1. The van der Waals surface area contributed by atoms with E-state index >= 15 is 0 Å². The van der Waals surface area contributed by atoms with E-state index < -0.39 is 0 Å². The zero-order valence-corrected chi connectivity index (χ0v) is 17.9. The van der Waals surface area contributed by atoms with Gasteiger partial charge in [0.15, 0.2) is 0 Å². The molecule has 4 rings (SSSR count). The molecule has 6 heteroatoms. The molecule has 2 aliphatic heterocycles. The highest BCUT2D eigenvalue weighted by Crippen LogP contribution is 2.43. The van der Waals surface area contributed by atoms with Gasteiger partial charge in [-0.15, -0.1) is 12.4 Å². The average molecular weight is 429 g/mol. The zero-order valence-electron chi connectivity index (χ0n) is 15.6. The summed E-state index contributed by atoms with van der Waals surface area (Å²) in [5.74, 6) is 1.90. The summed E-state index contributed by atoms with van der Waals surface area (Å²) >= 11 is 12.9. The lowest BCUT2D eigenvalue weighted by atomic mass is 9.85. The van der Waals surface area contributed by atoms with Crippen molar-refractivity contribution in [2.24, 2.45) is 0 Å². The highest BCUT2D eigenvalue weighted by atomic mass is 35.5. The first-order valence-corrected chi connectivity index (χ1v) is 9.83. The highest BCUT2D eigenvalue weighted by molar-refractivity contribution is 6.32. The Labute approximate surface area is 177 Å². The minimum atomic E-state index is 0. The lowest BCUT2D eigenvalue weighted by Gasteiger charge is -2.28. The van der Waals surface area contributed by atoms with Crippen LogP contribution in [0, 0.1) is 0 Å². The van der Waals surface area contributed by atoms with E-state index in [2.05, 4.69) is 30.1 Å². The molecular formula is C21H24Cl3NO2. The van der Waals surface area contributed by atoms with Crippen LogP contribution in [-0.4, -0.2) is 38.8 Å². The molecule has 0 saturated carbocycles. The van der Waals surface area contributed by atoms with Gasteiger partial charge in [-0.3, -0.25) is 0 Å². The molecule has 27 heavy (non-hydrogen) atoms. The Bertz CT molecular complexity index is 841. The van der Waals surface area contributed by atoms with Crippen molar-refractivity contribution in [1.29, 1.82) is 0 Å². The van der Waals surface area contributed by atoms with Crippen LogP contribution in [0.25, 0.3) is 0 Å². The standard InChI is InChI=1S/C21H23Cl2NO2.ClH/c1-24-8-7-13-10-19(23)20(25-2)11-16(13)17(12-24)14-5-6-18(22)15-4-3-9-26-21(14)15;/h5-6,10-11,17H,3-4,7-9,12H2,1-2H3;1H. The normalized spacial score (nSPS) is 19.2. The van der Waals surface area contributed by atoms with Gasteiger partial charge < -0.3 is 14.4 Å². The second kappa shape index (κ2) is 8.48. The number of nitrogens with zero attached hydrogens (tertiary/aromatic N) is 1. The highest BCUT2D eigenvalue weighted by Gasteiger charge is 2.29. The van der Waals surface area contributed by atoms with Crippen LogP contribution in [0.15, 0.2) is 24.3 Å². The van der Waals surface area contributed by atoms with E-state index in [1.807, 2.05) is 6.07 Å². The maximum atomic E-state index is 6.45. The topological polar surface area (TPSA) is 21.7 Å². The number of fused-ring (bicyclic) bond motifs is 2. The van der Waals surface area contributed by atoms with Crippen LogP contribution < -0.4 is 9.47 Å². The van der Waals surface area contributed by atoms with Crippen LogP contribution in [-0.2, 0) is 12.8 Å². The van der Waals surface area contributed by atoms with Gasteiger partial charge in [0.05, 0.1) is 18.7 Å². The summed E-state index contributed by atoms with van der Waals surface area (Å²) < 4.78 is 11.6. The molecule has 146 valence electrons. The molecule has 0 radical (unpaired) electrons. The second-order valence-corrected chi connectivity index (χ2v) is 7.96. The first-order chi connectivity index (χ1) is 12.6. The van der Waals surface area contributed by atoms with E-state index in [-0.39, 0.29) is 18.3 Å². The first-order valence-electron chi connectivity index (χ1n) is 9.07. The number of halogens is 3. The summed E-state index contributed by atoms with van der Waals surface area (Å²) in [4.78, 5) is 2.37. The molecule has 0 aliphatic carbocycles. The first kappa shape index (κ1) is 20.6. The molecular weight excluding hydrogens is 405 g/mol. The van der Waals surface area contributed by atoms with Crippen molar-refractivity contribution in [3.63, 3.8) is 0 Å². The van der Waals surface area contributed by atoms with Gasteiger partial charge in [-0.1, -0.05) is 29.3 Å². The molecule has 2 heterocycles. The SMILES string of the molecule is COc1cc2c(cc1Cl)CCN(C)CC2c1ccc(Cl)c2c1OCCC2.Cl. The number of methoxy groups -OCH3 is 1. The van der Waals surface area contributed by atoms with Gasteiger partial charge in [0, 0.05) is 35.2 Å². The van der Waals surface area contributed by atoms with Crippen LogP contribution in [0.2, 0.25) is 10.0 Å². The Kier molecular flexibility index (Phi) is 6.47. The molecule has 2 aromatic rings. The molecule has 0 fully saturated rings. The monoisotopic (exact) mass is 427 g/mol. The van der Waals surface area contributed by atoms with E-state index in [0.717, 1.165) is 61.0 Å². The van der Waals surface area contributed by atoms with Gasteiger partial charge in [-0.05, 0) is 55.6 Å². The minimum absolute atomic E-state index is 0. The lowest BCUT2D eigenvalue weighted by Crippen LogP contribution is -2.25. The summed E-state index contributed by atoms with van der Waals surface area (Å²) in [6.45, 7) is 2.68. The van der Waals surface area contributed by atoms with Gasteiger partial charge in [-0.2, -0.15) is 0 Å². The largest absolute Gasteiger partial charge is 0.495 e. The maximum Gasteiger partial charge on any atom is 0.137 e. The summed E-state index contributed by atoms with van der Waals surface area (Å²) in [6.07, 6.45) is 2.96. The minimum Gasteiger partial charge on any atom is -0.495 e. The molecule has 0 amide bonds. The fourth-order valence-electron chi connectivity index (χ4n) is 4.11. The molecule has 0 spiro atoms. The smallest absolute Gasteiger partial charge is 0.137 e. The van der Waals surface area contributed by atoms with E-state index in [0.29, 0.717) is 5.02 Å². The number of rotatable bonds is 2. The predicted molar refractivity (Wildman–Crippen MR) is 114 cm³/mol. The van der Waals surface area contributed by atoms with E-state index in [9.17, 15) is 0 Å². The third kappa shape index (κ3) is 3.88. The quantitative estimate of drug-likeness (QED) is 0.642. The number of benzene rings is 2. The van der Waals surface area contributed by atoms with Crippen LogP contribution in [0.1, 0.15) is 34.6 Å². The Morgan fingerprint density at radius 2 is 1.93 bits per heavy atom. The van der Waals surface area contributed by atoms with E-state index in [1.54, 1.807) is 7.11 Å². The predicted octanol–water partition coefficient (Wildman–Crippen LogP) is 5.37. The molecule has 2 aliphatic rings. The summed E-state index contributed by atoms with van der Waals surface area (Å²) in [6, 6.07) is 8.31. The van der Waals surface area contributed by atoms with Crippen LogP contribution >= 0.6 is 35.6 Å². The van der Waals surface area contributed by atoms with Crippen LogP contribution in [0.4, 0.5) is 0 Å². The van der Waals surface area contributed by atoms with Crippen molar-refractivity contribution >= 4 is 35.6 Å². The average Bonchev–Trinajstić information content (AvgIpc) is 2.80. The lowest BCUT2D eigenvalue weighted by molar-refractivity contribution is 0.280. The summed E-state index contributed by atoms with van der Waals surface area (Å²) in [5.41, 5.74) is 4.91. The molecule has 1 unspecified atom stereocenters. The number of hydrogen-bond donors (Lipinski definition) is 0. The second-order valence-electron chi connectivity index (χ2n) is 7.15. The van der Waals surface area contributed by atoms with Gasteiger partial charge in [0.2, 0.25) is 0 Å². The van der Waals surface area contributed by atoms with Gasteiger partial charge in [0.25, 0.3) is 0 Å². The fraction of sp³-hybridized carbons (Fsp3) is 0.429. The fourth-order valence-corrected chi connectivity index (χ4v) is 4.62. The maximum absolute atomic E-state index is 6.45. The number of hydrogen-bond acceptors (Lipinski definition) is 3. The van der Waals surface area contributed by atoms with Crippen molar-refractivity contribution in [1.82, 2.24) is 4.90 Å². The van der Waals surface area contributed by atoms with Gasteiger partial charge >= 0.3 is 0 Å². The van der Waals surface area contributed by atoms with E-state index in [1.165, 1.54) is 16.7 Å². The number of ether oxygens (including phenoxy) is 2. The molecule has 3 nitrogen and oxygen atoms in total. The zero-order chi connectivity index (χ0) is 18.3. The van der Waals surface area contributed by atoms with Crippen molar-refractivity contribution in [3.8, 4) is 11.5 Å². The summed E-state index contributed by atoms with van der Waals surface area (Å²) in [5, 5.41) is 1.48. The van der Waals surface area contributed by atoms with Crippen molar-refractivity contribution in [3.05, 3.63) is 56.6 Å².